The molecule has 3 heterocycles. The highest BCUT2D eigenvalue weighted by Gasteiger charge is 2.51. The number of rotatable bonds is 4. The predicted octanol–water partition coefficient (Wildman–Crippen LogP) is 3.51. The molecule has 1 aromatic rings. The highest BCUT2D eigenvalue weighted by molar-refractivity contribution is 7.90. The molecular weight excluding hydrogens is 522 g/mol. The highest BCUT2D eigenvalue weighted by Crippen LogP contribution is 2.48. The first-order valence-electron chi connectivity index (χ1n) is 15.8. The van der Waals surface area contributed by atoms with E-state index in [1.54, 1.807) is 0 Å². The van der Waals surface area contributed by atoms with Gasteiger partial charge in [0.15, 0.2) is 0 Å². The molecule has 8 nitrogen and oxygen atoms in total. The molecule has 1 aromatic carbocycles. The predicted molar refractivity (Wildman–Crippen MR) is 159 cm³/mol. The summed E-state index contributed by atoms with van der Waals surface area (Å²) in [5, 5.41) is 10.2. The summed E-state index contributed by atoms with van der Waals surface area (Å²) in [7, 11) is -3.50. The van der Waals surface area contributed by atoms with Crippen molar-refractivity contribution in [3.8, 4) is 0 Å². The van der Waals surface area contributed by atoms with Crippen LogP contribution in [-0.4, -0.2) is 69.4 Å². The Labute approximate surface area is 241 Å². The van der Waals surface area contributed by atoms with Crippen molar-refractivity contribution in [1.82, 2.24) is 25.6 Å². The van der Waals surface area contributed by atoms with Gasteiger partial charge in [-0.15, -0.1) is 0 Å². The molecule has 2 saturated carbocycles. The molecule has 1 spiro atoms. The molecule has 6 atom stereocenters. The Morgan fingerprint density at radius 3 is 2.50 bits per heavy atom. The number of nitrogens with one attached hydrogen (secondary N) is 4. The maximum Gasteiger partial charge on any atom is 0.216 e. The van der Waals surface area contributed by atoms with Gasteiger partial charge in [0, 0.05) is 44.2 Å². The number of aryl methyl sites for hydroxylation is 2. The summed E-state index contributed by atoms with van der Waals surface area (Å²) >= 11 is 0. The second-order valence-electron chi connectivity index (χ2n) is 14.1. The molecule has 3 saturated heterocycles. The Hall–Kier alpha value is -1.07. The zero-order valence-electron chi connectivity index (χ0n) is 24.9. The summed E-state index contributed by atoms with van der Waals surface area (Å²) in [6, 6.07) is 7.30. The molecule has 0 aromatic heterocycles. The molecule has 9 heteroatoms. The number of benzene rings is 1. The third-order valence-electron chi connectivity index (χ3n) is 10.5. The van der Waals surface area contributed by atoms with Crippen molar-refractivity contribution < 1.29 is 13.2 Å². The van der Waals surface area contributed by atoms with Crippen LogP contribution < -0.4 is 20.7 Å². The Balaban J connectivity index is 1.31. The summed E-state index contributed by atoms with van der Waals surface area (Å²) in [4.78, 5) is 2.77. The fraction of sp³-hybridized carbons (Fsp3) is 0.806. The number of fused-ring (bicyclic) bond motifs is 4. The van der Waals surface area contributed by atoms with Crippen LogP contribution in [0.4, 0.5) is 0 Å². The first-order valence-corrected chi connectivity index (χ1v) is 17.3. The van der Waals surface area contributed by atoms with Gasteiger partial charge in [0.05, 0.1) is 11.9 Å². The van der Waals surface area contributed by atoms with E-state index < -0.39 is 16.3 Å². The number of nitrogens with zero attached hydrogens (tertiary/aromatic N) is 1. The van der Waals surface area contributed by atoms with Gasteiger partial charge < -0.3 is 10.1 Å². The van der Waals surface area contributed by atoms with Crippen LogP contribution in [0.15, 0.2) is 18.2 Å². The van der Waals surface area contributed by atoms with Gasteiger partial charge in [-0.3, -0.25) is 15.5 Å². The molecule has 2 aliphatic carbocycles. The van der Waals surface area contributed by atoms with Gasteiger partial charge in [0.25, 0.3) is 0 Å². The topological polar surface area (TPSA) is 94.7 Å². The van der Waals surface area contributed by atoms with E-state index in [2.05, 4.69) is 71.5 Å². The third-order valence-corrected chi connectivity index (χ3v) is 12.4. The van der Waals surface area contributed by atoms with Crippen molar-refractivity contribution in [2.45, 2.75) is 115 Å². The molecule has 6 rings (SSSR count). The van der Waals surface area contributed by atoms with Gasteiger partial charge in [-0.2, -0.15) is 4.72 Å². The zero-order chi connectivity index (χ0) is 28.1. The number of hydrogen-bond donors (Lipinski definition) is 4. The minimum absolute atomic E-state index is 0.00152. The summed E-state index contributed by atoms with van der Waals surface area (Å²) < 4.78 is 37.3. The van der Waals surface area contributed by atoms with Crippen molar-refractivity contribution in [3.63, 3.8) is 0 Å². The SMILES string of the molecule is Cc1cccc(C)c1C1CC2NC(N1)NS(=O)(=O)C1CCCC(C1)CN(C1CC3(CNC3)C1)[C@H](CC(C)C)CO2. The summed E-state index contributed by atoms with van der Waals surface area (Å²) in [5.74, 6) is 0.980. The molecule has 40 heavy (non-hydrogen) atoms. The van der Waals surface area contributed by atoms with Crippen LogP contribution in [0.2, 0.25) is 0 Å². The van der Waals surface area contributed by atoms with Crippen molar-refractivity contribution >= 4 is 10.0 Å². The zero-order valence-corrected chi connectivity index (χ0v) is 25.7. The third kappa shape index (κ3) is 6.03. The molecule has 5 fully saturated rings. The normalized spacial score (nSPS) is 36.6. The van der Waals surface area contributed by atoms with Crippen LogP contribution in [0.1, 0.15) is 87.9 Å². The average molecular weight is 574 g/mol. The van der Waals surface area contributed by atoms with E-state index in [0.29, 0.717) is 35.9 Å². The van der Waals surface area contributed by atoms with Gasteiger partial charge in [0.2, 0.25) is 10.0 Å². The van der Waals surface area contributed by atoms with Crippen LogP contribution in [0.5, 0.6) is 0 Å². The van der Waals surface area contributed by atoms with E-state index in [9.17, 15) is 8.42 Å². The lowest BCUT2D eigenvalue weighted by Gasteiger charge is -2.59. The van der Waals surface area contributed by atoms with Crippen LogP contribution in [-0.2, 0) is 14.8 Å². The maximum atomic E-state index is 13.8. The Bertz CT molecular complexity index is 1130. The molecule has 5 unspecified atom stereocenters. The van der Waals surface area contributed by atoms with Gasteiger partial charge in [-0.25, -0.2) is 8.42 Å². The van der Waals surface area contributed by atoms with Crippen LogP contribution >= 0.6 is 0 Å². The Morgan fingerprint density at radius 2 is 1.82 bits per heavy atom. The first-order chi connectivity index (χ1) is 19.1. The summed E-state index contributed by atoms with van der Waals surface area (Å²) in [6.45, 7) is 12.9. The Morgan fingerprint density at radius 1 is 1.07 bits per heavy atom. The number of sulfonamides is 1. The standard InChI is InChI=1S/C31H51N5O3S/c1-20(2)11-24-17-39-28-13-27(29-21(3)7-5-8-22(29)4)33-30(34-28)35-40(37,38)26-10-6-9-23(12-26)16-36(24)25-14-31(15-25)18-32-19-31/h5,7-8,20,23-28,30,32-35H,6,9-19H2,1-4H3/t23?,24-,26?,27?,28?,30?/m1/s1. The summed E-state index contributed by atoms with van der Waals surface area (Å²) in [5.41, 5.74) is 4.19. The minimum atomic E-state index is -3.50. The minimum Gasteiger partial charge on any atom is -0.362 e. The summed E-state index contributed by atoms with van der Waals surface area (Å²) in [6.07, 6.45) is 7.15. The van der Waals surface area contributed by atoms with Gasteiger partial charge in [-0.1, -0.05) is 38.5 Å². The molecule has 0 radical (unpaired) electrons. The first kappa shape index (κ1) is 29.0. The molecular formula is C31H51N5O3S. The lowest BCUT2D eigenvalue weighted by Crippen LogP contribution is -2.67. The van der Waals surface area contributed by atoms with Gasteiger partial charge in [0.1, 0.15) is 12.5 Å². The molecule has 3 aliphatic heterocycles. The largest absolute Gasteiger partial charge is 0.362 e. The van der Waals surface area contributed by atoms with E-state index in [1.807, 2.05) is 0 Å². The monoisotopic (exact) mass is 573 g/mol. The molecule has 4 N–H and O–H groups in total. The molecule has 0 amide bonds. The highest BCUT2D eigenvalue weighted by atomic mass is 32.2. The smallest absolute Gasteiger partial charge is 0.216 e. The maximum absolute atomic E-state index is 13.8. The van der Waals surface area contributed by atoms with E-state index in [4.69, 9.17) is 4.74 Å². The van der Waals surface area contributed by atoms with Gasteiger partial charge >= 0.3 is 0 Å². The second kappa shape index (κ2) is 11.5. The molecule has 5 aliphatic rings. The van der Waals surface area contributed by atoms with E-state index in [0.717, 1.165) is 58.2 Å². The molecule has 224 valence electrons. The fourth-order valence-electron chi connectivity index (χ4n) is 8.40. The van der Waals surface area contributed by atoms with Crippen molar-refractivity contribution in [2.75, 3.05) is 26.2 Å². The van der Waals surface area contributed by atoms with E-state index in [1.165, 1.54) is 29.5 Å². The fourth-order valence-corrected chi connectivity index (χ4v) is 10.1. The van der Waals surface area contributed by atoms with Crippen molar-refractivity contribution in [3.05, 3.63) is 34.9 Å². The number of ether oxygens (including phenoxy) is 1. The van der Waals surface area contributed by atoms with Crippen LogP contribution in [0.25, 0.3) is 0 Å². The molecule has 4 bridgehead atoms. The van der Waals surface area contributed by atoms with Crippen molar-refractivity contribution in [2.24, 2.45) is 17.3 Å². The van der Waals surface area contributed by atoms with Crippen LogP contribution in [0, 0.1) is 31.1 Å². The van der Waals surface area contributed by atoms with Crippen LogP contribution in [0.3, 0.4) is 0 Å². The quantitative estimate of drug-likeness (QED) is 0.438. The van der Waals surface area contributed by atoms with E-state index in [-0.39, 0.29) is 17.5 Å². The number of hydrogen-bond acceptors (Lipinski definition) is 7. The van der Waals surface area contributed by atoms with Crippen molar-refractivity contribution in [1.29, 1.82) is 0 Å². The van der Waals surface area contributed by atoms with E-state index >= 15 is 0 Å². The Kier molecular flexibility index (Phi) is 8.38. The lowest BCUT2D eigenvalue weighted by atomic mass is 9.61. The average Bonchev–Trinajstić information content (AvgIpc) is 2.83. The second-order valence-corrected chi connectivity index (χ2v) is 16.1. The lowest BCUT2D eigenvalue weighted by molar-refractivity contribution is -0.0939. The van der Waals surface area contributed by atoms with Gasteiger partial charge in [-0.05, 0) is 86.3 Å².